The van der Waals surface area contributed by atoms with Crippen molar-refractivity contribution in [2.24, 2.45) is 17.8 Å². The summed E-state index contributed by atoms with van der Waals surface area (Å²) in [5.74, 6) is -1.85. The second-order valence-electron chi connectivity index (χ2n) is 8.58. The van der Waals surface area contributed by atoms with Crippen molar-refractivity contribution in [3.8, 4) is 5.75 Å². The number of para-hydroxylation sites is 2. The molecular weight excluding hydrogens is 406 g/mol. The molecule has 1 spiro atoms. The Balaban J connectivity index is 1.73. The Morgan fingerprint density at radius 3 is 2.62 bits per heavy atom. The number of rotatable bonds is 4. The molecule has 1 aliphatic heterocycles. The van der Waals surface area contributed by atoms with Gasteiger partial charge in [0.25, 0.3) is 0 Å². The van der Waals surface area contributed by atoms with Gasteiger partial charge in [0.15, 0.2) is 5.78 Å². The van der Waals surface area contributed by atoms with E-state index in [9.17, 15) is 14.4 Å². The zero-order valence-corrected chi connectivity index (χ0v) is 18.3. The minimum Gasteiger partial charge on any atom is -0.496 e. The van der Waals surface area contributed by atoms with Crippen molar-refractivity contribution in [2.45, 2.75) is 18.8 Å². The average molecular weight is 431 g/mol. The lowest BCUT2D eigenvalue weighted by Crippen LogP contribution is -2.54. The SMILES string of the molecule is CCOC(=O)[C@@H]1[C@@H]2C[C@@H](/C(=C\c3ccccc3OC)C2=O)[C@@]12C(=O)N(C)c1ccccc12. The van der Waals surface area contributed by atoms with Crippen molar-refractivity contribution < 1.29 is 23.9 Å². The van der Waals surface area contributed by atoms with Crippen LogP contribution >= 0.6 is 0 Å². The zero-order valence-electron chi connectivity index (χ0n) is 18.3. The van der Waals surface area contributed by atoms with Crippen molar-refractivity contribution in [3.63, 3.8) is 0 Å². The summed E-state index contributed by atoms with van der Waals surface area (Å²) in [5.41, 5.74) is 1.81. The number of likely N-dealkylation sites (N-methyl/N-ethyl adjacent to an activating group) is 1. The quantitative estimate of drug-likeness (QED) is 0.548. The van der Waals surface area contributed by atoms with Gasteiger partial charge in [0.2, 0.25) is 5.91 Å². The number of benzene rings is 2. The van der Waals surface area contributed by atoms with Gasteiger partial charge in [0, 0.05) is 35.7 Å². The van der Waals surface area contributed by atoms with E-state index >= 15 is 0 Å². The summed E-state index contributed by atoms with van der Waals surface area (Å²) in [6, 6.07) is 15.0. The van der Waals surface area contributed by atoms with Gasteiger partial charge in [-0.25, -0.2) is 0 Å². The number of amides is 1. The molecule has 2 aromatic carbocycles. The molecule has 6 heteroatoms. The summed E-state index contributed by atoms with van der Waals surface area (Å²) in [5, 5.41) is 0. The minimum atomic E-state index is -1.13. The number of ketones is 1. The maximum Gasteiger partial charge on any atom is 0.311 e. The van der Waals surface area contributed by atoms with Crippen LogP contribution in [0.2, 0.25) is 0 Å². The van der Waals surface area contributed by atoms with E-state index in [0.717, 1.165) is 16.8 Å². The van der Waals surface area contributed by atoms with Crippen LogP contribution in [0.15, 0.2) is 54.1 Å². The highest BCUT2D eigenvalue weighted by Gasteiger charge is 2.73. The van der Waals surface area contributed by atoms with Gasteiger partial charge in [-0.15, -0.1) is 0 Å². The Bertz CT molecular complexity index is 1170. The number of hydrogen-bond donors (Lipinski definition) is 0. The molecule has 2 aromatic rings. The highest BCUT2D eigenvalue weighted by molar-refractivity contribution is 6.17. The lowest BCUT2D eigenvalue weighted by atomic mass is 9.60. The van der Waals surface area contributed by atoms with Crippen molar-refractivity contribution in [3.05, 3.63) is 65.2 Å². The number of anilines is 1. The van der Waals surface area contributed by atoms with E-state index in [4.69, 9.17) is 9.47 Å². The predicted molar refractivity (Wildman–Crippen MR) is 119 cm³/mol. The molecule has 0 saturated heterocycles. The number of hydrogen-bond acceptors (Lipinski definition) is 5. The van der Waals surface area contributed by atoms with E-state index in [1.165, 1.54) is 0 Å². The third-order valence-corrected chi connectivity index (χ3v) is 7.29. The van der Waals surface area contributed by atoms with Crippen LogP contribution in [0.5, 0.6) is 5.75 Å². The summed E-state index contributed by atoms with van der Waals surface area (Å²) in [6.45, 7) is 1.94. The number of ether oxygens (including phenoxy) is 2. The normalized spacial score (nSPS) is 29.2. The van der Waals surface area contributed by atoms with Gasteiger partial charge in [-0.2, -0.15) is 0 Å². The molecule has 2 fully saturated rings. The van der Waals surface area contributed by atoms with E-state index in [1.54, 1.807) is 26.0 Å². The summed E-state index contributed by atoms with van der Waals surface area (Å²) in [7, 11) is 3.32. The molecule has 0 N–H and O–H groups in total. The van der Waals surface area contributed by atoms with Crippen LogP contribution in [0.3, 0.4) is 0 Å². The molecular formula is C26H25NO5. The molecule has 3 aliphatic rings. The van der Waals surface area contributed by atoms with Gasteiger partial charge in [-0.3, -0.25) is 14.4 Å². The summed E-state index contributed by atoms with van der Waals surface area (Å²) >= 11 is 0. The fraction of sp³-hybridized carbons (Fsp3) is 0.346. The lowest BCUT2D eigenvalue weighted by Gasteiger charge is -2.39. The Kier molecular flexibility index (Phi) is 4.69. The highest BCUT2D eigenvalue weighted by atomic mass is 16.5. The fourth-order valence-electron chi connectivity index (χ4n) is 6.09. The number of carbonyl (C=O) groups excluding carboxylic acids is 3. The van der Waals surface area contributed by atoms with Crippen LogP contribution in [0.4, 0.5) is 5.69 Å². The first-order valence-corrected chi connectivity index (χ1v) is 10.9. The van der Waals surface area contributed by atoms with Crippen LogP contribution in [0, 0.1) is 17.8 Å². The number of allylic oxidation sites excluding steroid dienone is 1. The molecule has 0 unspecified atom stereocenters. The first kappa shape index (κ1) is 20.5. The number of nitrogens with zero attached hydrogens (tertiary/aromatic N) is 1. The van der Waals surface area contributed by atoms with Crippen LogP contribution in [-0.4, -0.2) is 38.4 Å². The lowest BCUT2D eigenvalue weighted by molar-refractivity contribution is -0.156. The highest BCUT2D eigenvalue weighted by Crippen LogP contribution is 2.65. The molecule has 4 atom stereocenters. The summed E-state index contributed by atoms with van der Waals surface area (Å²) in [6.07, 6.45) is 2.29. The molecule has 6 nitrogen and oxygen atoms in total. The number of fused-ring (bicyclic) bond motifs is 5. The van der Waals surface area contributed by atoms with Gasteiger partial charge in [0.1, 0.15) is 5.75 Å². The van der Waals surface area contributed by atoms with Crippen molar-refractivity contribution in [1.29, 1.82) is 0 Å². The first-order chi connectivity index (χ1) is 15.5. The first-order valence-electron chi connectivity index (χ1n) is 10.9. The third-order valence-electron chi connectivity index (χ3n) is 7.29. The Labute approximate surface area is 186 Å². The standard InChI is InChI=1S/C26H25NO5/c1-4-32-24(29)22-17-14-19(16(23(17)28)13-15-9-5-8-12-21(15)31-3)26(22)18-10-6-7-11-20(18)27(2)25(26)30/h5-13,17,19,22H,4,14H2,1-3H3/b16-13+/t17-,19-,22-,26+/m0/s1. The largest absolute Gasteiger partial charge is 0.496 e. The number of Topliss-reactive ketones (excluding diaryl/α,β-unsaturated/α-hetero) is 1. The Morgan fingerprint density at radius 1 is 1.16 bits per heavy atom. The van der Waals surface area contributed by atoms with E-state index < -0.39 is 29.1 Å². The van der Waals surface area contributed by atoms with E-state index in [0.29, 0.717) is 17.7 Å². The van der Waals surface area contributed by atoms with Crippen LogP contribution in [-0.2, 0) is 24.5 Å². The monoisotopic (exact) mass is 431 g/mol. The van der Waals surface area contributed by atoms with E-state index in [2.05, 4.69) is 0 Å². The van der Waals surface area contributed by atoms with Crippen LogP contribution < -0.4 is 9.64 Å². The van der Waals surface area contributed by atoms with Gasteiger partial charge in [-0.05, 0) is 37.1 Å². The minimum absolute atomic E-state index is 0.0792. The van der Waals surface area contributed by atoms with Gasteiger partial charge < -0.3 is 14.4 Å². The number of methoxy groups -OCH3 is 1. The molecule has 1 amide bonds. The molecule has 2 aliphatic carbocycles. The average Bonchev–Trinajstić information content (AvgIpc) is 3.39. The Morgan fingerprint density at radius 2 is 1.88 bits per heavy atom. The smallest absolute Gasteiger partial charge is 0.311 e. The van der Waals surface area contributed by atoms with Crippen LogP contribution in [0.25, 0.3) is 6.08 Å². The molecule has 32 heavy (non-hydrogen) atoms. The van der Waals surface area contributed by atoms with E-state index in [1.807, 2.05) is 54.6 Å². The molecule has 5 rings (SSSR count). The summed E-state index contributed by atoms with van der Waals surface area (Å²) < 4.78 is 10.9. The second kappa shape index (κ2) is 7.33. The second-order valence-corrected chi connectivity index (χ2v) is 8.58. The van der Waals surface area contributed by atoms with Gasteiger partial charge in [0.05, 0.1) is 25.0 Å². The molecule has 0 radical (unpaired) electrons. The molecule has 0 aromatic heterocycles. The van der Waals surface area contributed by atoms with Crippen molar-refractivity contribution >= 4 is 29.4 Å². The molecule has 164 valence electrons. The zero-order chi connectivity index (χ0) is 22.6. The van der Waals surface area contributed by atoms with Gasteiger partial charge in [-0.1, -0.05) is 36.4 Å². The third kappa shape index (κ3) is 2.49. The summed E-state index contributed by atoms with van der Waals surface area (Å²) in [4.78, 5) is 42.2. The maximum atomic E-state index is 13.9. The van der Waals surface area contributed by atoms with Gasteiger partial charge >= 0.3 is 5.97 Å². The number of carbonyl (C=O) groups is 3. The van der Waals surface area contributed by atoms with Crippen LogP contribution in [0.1, 0.15) is 24.5 Å². The molecule has 2 bridgehead atoms. The maximum absolute atomic E-state index is 13.9. The predicted octanol–water partition coefficient (Wildman–Crippen LogP) is 3.39. The van der Waals surface area contributed by atoms with Crippen molar-refractivity contribution in [1.82, 2.24) is 0 Å². The molecule has 2 saturated carbocycles. The number of esters is 1. The fourth-order valence-corrected chi connectivity index (χ4v) is 6.09. The van der Waals surface area contributed by atoms with E-state index in [-0.39, 0.29) is 18.3 Å². The van der Waals surface area contributed by atoms with Crippen molar-refractivity contribution in [2.75, 3.05) is 25.7 Å². The Hall–Kier alpha value is -3.41. The topological polar surface area (TPSA) is 72.9 Å². The molecule has 1 heterocycles.